The summed E-state index contributed by atoms with van der Waals surface area (Å²) < 4.78 is 18.8. The third kappa shape index (κ3) is 4.40. The van der Waals surface area contributed by atoms with Crippen molar-refractivity contribution in [2.45, 2.75) is 6.54 Å². The zero-order chi connectivity index (χ0) is 20.3. The molecule has 0 unspecified atom stereocenters. The summed E-state index contributed by atoms with van der Waals surface area (Å²) in [4.78, 5) is 26.2. The predicted octanol–water partition coefficient (Wildman–Crippen LogP) is 1.94. The number of methoxy groups -OCH3 is 1. The van der Waals surface area contributed by atoms with Gasteiger partial charge in [-0.1, -0.05) is 11.6 Å². The number of quaternary nitrogens is 1. The molecule has 1 N–H and O–H groups in total. The molecule has 28 heavy (non-hydrogen) atoms. The quantitative estimate of drug-likeness (QED) is 0.606. The highest BCUT2D eigenvalue weighted by Gasteiger charge is 2.29. The standard InChI is InChI=1S/C19H19ClFN3O4/c1-28-18-5-2-13(10-16(18)21)12-22-6-8-23(9-7-22)19(25)15-11-14(20)3-4-17(15)24(26)27/h2-5,10-11H,6-9,12H2,1H3/p+1. The van der Waals surface area contributed by atoms with E-state index in [0.717, 1.165) is 5.56 Å². The predicted molar refractivity (Wildman–Crippen MR) is 101 cm³/mol. The van der Waals surface area contributed by atoms with Crippen molar-refractivity contribution in [3.05, 3.63) is 68.5 Å². The van der Waals surface area contributed by atoms with Crippen LogP contribution in [0, 0.1) is 15.9 Å². The lowest BCUT2D eigenvalue weighted by Gasteiger charge is -2.32. The maximum Gasteiger partial charge on any atom is 0.282 e. The van der Waals surface area contributed by atoms with Crippen molar-refractivity contribution in [2.24, 2.45) is 0 Å². The molecule has 1 amide bonds. The van der Waals surface area contributed by atoms with Gasteiger partial charge in [0.25, 0.3) is 11.6 Å². The molecule has 3 rings (SSSR count). The zero-order valence-electron chi connectivity index (χ0n) is 15.3. The third-order valence-electron chi connectivity index (χ3n) is 4.81. The fraction of sp³-hybridized carbons (Fsp3) is 0.316. The molecule has 1 heterocycles. The van der Waals surface area contributed by atoms with E-state index >= 15 is 0 Å². The van der Waals surface area contributed by atoms with Crippen molar-refractivity contribution in [3.8, 4) is 5.75 Å². The van der Waals surface area contributed by atoms with E-state index in [4.69, 9.17) is 16.3 Å². The van der Waals surface area contributed by atoms with Crippen LogP contribution in [0.25, 0.3) is 0 Å². The van der Waals surface area contributed by atoms with Crippen LogP contribution in [0.15, 0.2) is 36.4 Å². The van der Waals surface area contributed by atoms with Gasteiger partial charge in [0.2, 0.25) is 0 Å². The Morgan fingerprint density at radius 1 is 1.29 bits per heavy atom. The fourth-order valence-corrected chi connectivity index (χ4v) is 3.49. The van der Waals surface area contributed by atoms with Gasteiger partial charge in [-0.2, -0.15) is 0 Å². The van der Waals surface area contributed by atoms with Crippen LogP contribution in [0.3, 0.4) is 0 Å². The van der Waals surface area contributed by atoms with Crippen LogP contribution in [-0.4, -0.2) is 49.0 Å². The Hall–Kier alpha value is -2.71. The van der Waals surface area contributed by atoms with E-state index in [1.165, 1.54) is 36.3 Å². The van der Waals surface area contributed by atoms with E-state index in [1.807, 2.05) is 6.07 Å². The van der Waals surface area contributed by atoms with E-state index in [2.05, 4.69) is 0 Å². The topological polar surface area (TPSA) is 77.1 Å². The molecule has 9 heteroatoms. The average Bonchev–Trinajstić information content (AvgIpc) is 2.68. The van der Waals surface area contributed by atoms with E-state index in [-0.39, 0.29) is 22.0 Å². The van der Waals surface area contributed by atoms with Crippen molar-refractivity contribution in [3.63, 3.8) is 0 Å². The Bertz CT molecular complexity index is 901. The zero-order valence-corrected chi connectivity index (χ0v) is 16.0. The van der Waals surface area contributed by atoms with Crippen LogP contribution in [0.2, 0.25) is 5.02 Å². The molecule has 0 saturated carbocycles. The monoisotopic (exact) mass is 408 g/mol. The highest BCUT2D eigenvalue weighted by Crippen LogP contribution is 2.24. The number of nitrogens with zero attached hydrogens (tertiary/aromatic N) is 2. The van der Waals surface area contributed by atoms with Crippen LogP contribution in [0.5, 0.6) is 5.75 Å². The number of carbonyl (C=O) groups excluding carboxylic acids is 1. The average molecular weight is 409 g/mol. The van der Waals surface area contributed by atoms with Crippen LogP contribution in [-0.2, 0) is 6.54 Å². The van der Waals surface area contributed by atoms with Gasteiger partial charge in [-0.05, 0) is 30.3 Å². The second-order valence-corrected chi connectivity index (χ2v) is 7.04. The van der Waals surface area contributed by atoms with Gasteiger partial charge in [0.1, 0.15) is 12.1 Å². The number of hydrogen-bond acceptors (Lipinski definition) is 4. The minimum atomic E-state index is -0.580. The van der Waals surface area contributed by atoms with Crippen molar-refractivity contribution >= 4 is 23.2 Å². The normalized spacial score (nSPS) is 14.8. The minimum absolute atomic E-state index is 0.00169. The molecule has 148 valence electrons. The lowest BCUT2D eigenvalue weighted by molar-refractivity contribution is -0.917. The number of rotatable bonds is 5. The molecule has 0 aromatic heterocycles. The Kier molecular flexibility index (Phi) is 6.11. The Morgan fingerprint density at radius 2 is 2.00 bits per heavy atom. The van der Waals surface area contributed by atoms with E-state index in [1.54, 1.807) is 11.0 Å². The molecule has 2 aromatic rings. The van der Waals surface area contributed by atoms with Gasteiger partial charge < -0.3 is 14.5 Å². The molecule has 0 aliphatic carbocycles. The SMILES string of the molecule is COc1ccc(C[NH+]2CCN(C(=O)c3cc(Cl)ccc3[N+](=O)[O-])CC2)cc1F. The molecular formula is C19H20ClFN3O4+. The number of nitrogens with one attached hydrogen (secondary N) is 1. The fourth-order valence-electron chi connectivity index (χ4n) is 3.32. The van der Waals surface area contributed by atoms with Gasteiger partial charge in [0, 0.05) is 16.7 Å². The van der Waals surface area contributed by atoms with Gasteiger partial charge in [0.05, 0.1) is 38.2 Å². The number of piperazine rings is 1. The first-order valence-corrected chi connectivity index (χ1v) is 9.16. The number of hydrogen-bond donors (Lipinski definition) is 1. The van der Waals surface area contributed by atoms with Crippen LogP contribution >= 0.6 is 11.6 Å². The number of amides is 1. The van der Waals surface area contributed by atoms with Crippen molar-refractivity contribution < 1.29 is 23.7 Å². The number of ether oxygens (including phenoxy) is 1. The smallest absolute Gasteiger partial charge is 0.282 e. The summed E-state index contributed by atoms with van der Waals surface area (Å²) in [6, 6.07) is 8.85. The molecule has 0 bridgehead atoms. The van der Waals surface area contributed by atoms with Gasteiger partial charge in [0.15, 0.2) is 11.6 Å². The van der Waals surface area contributed by atoms with Crippen LogP contribution in [0.1, 0.15) is 15.9 Å². The summed E-state index contributed by atoms with van der Waals surface area (Å²) in [7, 11) is 1.42. The molecule has 0 spiro atoms. The molecule has 1 aliphatic heterocycles. The number of nitro groups is 1. The number of carbonyl (C=O) groups is 1. The summed E-state index contributed by atoms with van der Waals surface area (Å²) in [5.41, 5.74) is 0.592. The maximum atomic E-state index is 13.8. The number of benzene rings is 2. The van der Waals surface area contributed by atoms with Crippen molar-refractivity contribution in [2.75, 3.05) is 33.3 Å². The summed E-state index contributed by atoms with van der Waals surface area (Å²) in [6.07, 6.45) is 0. The first-order valence-electron chi connectivity index (χ1n) is 8.78. The molecule has 1 saturated heterocycles. The highest BCUT2D eigenvalue weighted by atomic mass is 35.5. The third-order valence-corrected chi connectivity index (χ3v) is 5.05. The molecule has 1 aliphatic rings. The minimum Gasteiger partial charge on any atom is -0.494 e. The summed E-state index contributed by atoms with van der Waals surface area (Å²) >= 11 is 5.92. The molecular weight excluding hydrogens is 389 g/mol. The van der Waals surface area contributed by atoms with Gasteiger partial charge in [-0.15, -0.1) is 0 Å². The van der Waals surface area contributed by atoms with Crippen LogP contribution < -0.4 is 9.64 Å². The Morgan fingerprint density at radius 3 is 2.61 bits per heavy atom. The van der Waals surface area contributed by atoms with Crippen LogP contribution in [0.4, 0.5) is 10.1 Å². The lowest BCUT2D eigenvalue weighted by atomic mass is 10.1. The first kappa shape index (κ1) is 20.0. The summed E-state index contributed by atoms with van der Waals surface area (Å²) in [6.45, 7) is 2.86. The number of nitro benzene ring substituents is 1. The summed E-state index contributed by atoms with van der Waals surface area (Å²) in [5.74, 6) is -0.595. The Labute approximate surface area is 166 Å². The maximum absolute atomic E-state index is 13.8. The second-order valence-electron chi connectivity index (χ2n) is 6.61. The number of halogens is 2. The van der Waals surface area contributed by atoms with Crippen molar-refractivity contribution in [1.29, 1.82) is 0 Å². The molecule has 7 nitrogen and oxygen atoms in total. The first-order chi connectivity index (χ1) is 13.4. The largest absolute Gasteiger partial charge is 0.494 e. The highest BCUT2D eigenvalue weighted by molar-refractivity contribution is 6.31. The second kappa shape index (κ2) is 8.53. The molecule has 0 atom stereocenters. The van der Waals surface area contributed by atoms with Gasteiger partial charge in [-0.3, -0.25) is 14.9 Å². The van der Waals surface area contributed by atoms with Crippen molar-refractivity contribution in [1.82, 2.24) is 4.90 Å². The Balaban J connectivity index is 1.64. The van der Waals surface area contributed by atoms with E-state index < -0.39 is 16.6 Å². The lowest BCUT2D eigenvalue weighted by Crippen LogP contribution is -3.13. The molecule has 1 fully saturated rings. The molecule has 2 aromatic carbocycles. The molecule has 0 radical (unpaired) electrons. The van der Waals surface area contributed by atoms with E-state index in [0.29, 0.717) is 32.7 Å². The van der Waals surface area contributed by atoms with Gasteiger partial charge >= 0.3 is 0 Å². The van der Waals surface area contributed by atoms with E-state index in [9.17, 15) is 19.3 Å². The van der Waals surface area contributed by atoms with Gasteiger partial charge in [-0.25, -0.2) is 4.39 Å². The summed E-state index contributed by atoms with van der Waals surface area (Å²) in [5, 5.41) is 11.5.